The molecule has 0 bridgehead atoms. The Morgan fingerprint density at radius 3 is 3.06 bits per heavy atom. The molecule has 3 rings (SSSR count). The predicted molar refractivity (Wildman–Crippen MR) is 71.3 cm³/mol. The molecule has 1 fully saturated rings. The summed E-state index contributed by atoms with van der Waals surface area (Å²) in [6.45, 7) is 2.37. The molecule has 1 saturated heterocycles. The van der Waals surface area contributed by atoms with E-state index in [9.17, 15) is 0 Å². The van der Waals surface area contributed by atoms with E-state index in [4.69, 9.17) is 0 Å². The van der Waals surface area contributed by atoms with Gasteiger partial charge in [0.05, 0.1) is 5.01 Å². The quantitative estimate of drug-likeness (QED) is 0.906. The molecule has 3 heterocycles. The summed E-state index contributed by atoms with van der Waals surface area (Å²) in [4.78, 5) is 10.1. The maximum atomic E-state index is 4.64. The van der Waals surface area contributed by atoms with Crippen molar-refractivity contribution in [3.63, 3.8) is 0 Å². The molecule has 4 heteroatoms. The Kier molecular flexibility index (Phi) is 3.34. The highest BCUT2D eigenvalue weighted by Crippen LogP contribution is 2.23. The average Bonchev–Trinajstić information content (AvgIpc) is 2.80. The normalized spacial score (nSPS) is 17.6. The Hall–Kier alpha value is -1.00. The smallest absolute Gasteiger partial charge is 0.143 e. The number of piperidine rings is 1. The third kappa shape index (κ3) is 2.64. The van der Waals surface area contributed by atoms with Gasteiger partial charge in [0.2, 0.25) is 0 Å². The van der Waals surface area contributed by atoms with Gasteiger partial charge in [-0.05, 0) is 56.8 Å². The maximum absolute atomic E-state index is 4.64. The lowest BCUT2D eigenvalue weighted by Crippen LogP contribution is -2.27. The van der Waals surface area contributed by atoms with E-state index in [0.29, 0.717) is 0 Å². The number of nitrogens with zero attached hydrogens (tertiary/aromatic N) is 2. The monoisotopic (exact) mass is 247 g/mol. The van der Waals surface area contributed by atoms with Crippen LogP contribution >= 0.6 is 11.3 Å². The number of thiazole rings is 1. The van der Waals surface area contributed by atoms with Crippen LogP contribution < -0.4 is 5.32 Å². The van der Waals surface area contributed by atoms with Crippen molar-refractivity contribution in [1.29, 1.82) is 0 Å². The molecule has 0 atom stereocenters. The second kappa shape index (κ2) is 5.10. The Bertz CT molecular complexity index is 455. The summed E-state index contributed by atoms with van der Waals surface area (Å²) in [6, 6.07) is 4.01. The summed E-state index contributed by atoms with van der Waals surface area (Å²) < 4.78 is 0. The van der Waals surface area contributed by atoms with Crippen molar-refractivity contribution in [2.45, 2.75) is 25.7 Å². The maximum Gasteiger partial charge on any atom is 0.143 e. The average molecular weight is 247 g/mol. The minimum absolute atomic E-state index is 0.885. The van der Waals surface area contributed by atoms with E-state index in [2.05, 4.69) is 15.3 Å². The van der Waals surface area contributed by atoms with Gasteiger partial charge in [-0.2, -0.15) is 0 Å². The number of fused-ring (bicyclic) bond motifs is 1. The van der Waals surface area contributed by atoms with Crippen LogP contribution in [0.2, 0.25) is 0 Å². The Balaban J connectivity index is 1.64. The molecule has 1 N–H and O–H groups in total. The van der Waals surface area contributed by atoms with Gasteiger partial charge in [0, 0.05) is 6.20 Å². The van der Waals surface area contributed by atoms with Crippen LogP contribution in [-0.2, 0) is 6.42 Å². The summed E-state index contributed by atoms with van der Waals surface area (Å²) >= 11 is 1.75. The van der Waals surface area contributed by atoms with Crippen molar-refractivity contribution >= 4 is 21.7 Å². The largest absolute Gasteiger partial charge is 0.317 e. The van der Waals surface area contributed by atoms with Crippen LogP contribution in [0, 0.1) is 5.92 Å². The van der Waals surface area contributed by atoms with Crippen LogP contribution in [0.4, 0.5) is 0 Å². The van der Waals surface area contributed by atoms with Crippen molar-refractivity contribution in [2.75, 3.05) is 13.1 Å². The van der Waals surface area contributed by atoms with E-state index in [1.54, 1.807) is 11.3 Å². The van der Waals surface area contributed by atoms with Gasteiger partial charge in [-0.15, -0.1) is 0 Å². The highest BCUT2D eigenvalue weighted by molar-refractivity contribution is 7.18. The van der Waals surface area contributed by atoms with Crippen molar-refractivity contribution in [1.82, 2.24) is 15.3 Å². The van der Waals surface area contributed by atoms with Crippen molar-refractivity contribution < 1.29 is 0 Å². The molecule has 0 unspecified atom stereocenters. The van der Waals surface area contributed by atoms with E-state index >= 15 is 0 Å². The molecule has 0 saturated carbocycles. The predicted octanol–water partition coefficient (Wildman–Crippen LogP) is 2.62. The van der Waals surface area contributed by atoms with Crippen molar-refractivity contribution in [3.8, 4) is 0 Å². The minimum Gasteiger partial charge on any atom is -0.317 e. The number of nitrogens with one attached hydrogen (secondary N) is 1. The van der Waals surface area contributed by atoms with Crippen molar-refractivity contribution in [3.05, 3.63) is 23.3 Å². The zero-order valence-corrected chi connectivity index (χ0v) is 10.7. The van der Waals surface area contributed by atoms with Gasteiger partial charge in [0.25, 0.3) is 0 Å². The molecule has 3 nitrogen and oxygen atoms in total. The summed E-state index contributed by atoms with van der Waals surface area (Å²) in [5, 5.41) is 4.66. The lowest BCUT2D eigenvalue weighted by molar-refractivity contribution is 0.354. The highest BCUT2D eigenvalue weighted by Gasteiger charge is 2.14. The second-order valence-electron chi connectivity index (χ2n) is 4.67. The number of pyridine rings is 1. The number of hydrogen-bond donors (Lipinski definition) is 1. The van der Waals surface area contributed by atoms with Gasteiger partial charge < -0.3 is 5.32 Å². The Labute approximate surface area is 105 Å². The number of aryl methyl sites for hydroxylation is 1. The van der Waals surface area contributed by atoms with E-state index in [1.165, 1.54) is 37.4 Å². The van der Waals surface area contributed by atoms with Gasteiger partial charge in [-0.1, -0.05) is 11.3 Å². The summed E-state index contributed by atoms with van der Waals surface area (Å²) in [5.41, 5.74) is 1.05. The third-order valence-electron chi connectivity index (χ3n) is 3.44. The van der Waals surface area contributed by atoms with Gasteiger partial charge in [0.15, 0.2) is 0 Å². The summed E-state index contributed by atoms with van der Waals surface area (Å²) in [6.07, 6.45) is 6.89. The van der Waals surface area contributed by atoms with Crippen LogP contribution in [0.3, 0.4) is 0 Å². The molecule has 2 aromatic rings. The fourth-order valence-corrected chi connectivity index (χ4v) is 3.34. The zero-order chi connectivity index (χ0) is 11.5. The molecule has 0 amide bonds. The first kappa shape index (κ1) is 11.1. The van der Waals surface area contributed by atoms with E-state index in [0.717, 1.165) is 22.7 Å². The Morgan fingerprint density at radius 1 is 1.35 bits per heavy atom. The SMILES string of the molecule is c1cnc2sc(CCC3CCNCC3)nc2c1. The van der Waals surface area contributed by atoms with Crippen LogP contribution in [0.25, 0.3) is 10.3 Å². The molecule has 17 heavy (non-hydrogen) atoms. The van der Waals surface area contributed by atoms with E-state index < -0.39 is 0 Å². The fourth-order valence-electron chi connectivity index (χ4n) is 2.42. The molecular formula is C13H17N3S. The first-order valence-electron chi connectivity index (χ1n) is 6.33. The number of aromatic nitrogens is 2. The Morgan fingerprint density at radius 2 is 2.24 bits per heavy atom. The zero-order valence-electron chi connectivity index (χ0n) is 9.85. The highest BCUT2D eigenvalue weighted by atomic mass is 32.1. The summed E-state index contributed by atoms with van der Waals surface area (Å²) in [5.74, 6) is 0.885. The van der Waals surface area contributed by atoms with Crippen LogP contribution in [0.5, 0.6) is 0 Å². The van der Waals surface area contributed by atoms with Crippen molar-refractivity contribution in [2.24, 2.45) is 5.92 Å². The summed E-state index contributed by atoms with van der Waals surface area (Å²) in [7, 11) is 0. The number of hydrogen-bond acceptors (Lipinski definition) is 4. The molecule has 1 aliphatic rings. The van der Waals surface area contributed by atoms with Gasteiger partial charge in [0.1, 0.15) is 10.3 Å². The molecule has 0 spiro atoms. The second-order valence-corrected chi connectivity index (χ2v) is 5.73. The molecule has 90 valence electrons. The number of rotatable bonds is 3. The topological polar surface area (TPSA) is 37.8 Å². The molecule has 0 aromatic carbocycles. The van der Waals surface area contributed by atoms with Gasteiger partial charge >= 0.3 is 0 Å². The first-order chi connectivity index (χ1) is 8.42. The van der Waals surface area contributed by atoms with E-state index in [1.807, 2.05) is 18.3 Å². The molecule has 0 aliphatic carbocycles. The standard InChI is InChI=1S/C13H17N3S/c1-2-11-13(15-7-1)17-12(16-11)4-3-10-5-8-14-9-6-10/h1-2,7,10,14H,3-6,8-9H2. The van der Waals surface area contributed by atoms with E-state index in [-0.39, 0.29) is 0 Å². The fraction of sp³-hybridized carbons (Fsp3) is 0.538. The first-order valence-corrected chi connectivity index (χ1v) is 7.14. The third-order valence-corrected chi connectivity index (χ3v) is 4.47. The van der Waals surface area contributed by atoms with Crippen LogP contribution in [-0.4, -0.2) is 23.1 Å². The molecule has 0 radical (unpaired) electrons. The van der Waals surface area contributed by atoms with Crippen LogP contribution in [0.15, 0.2) is 18.3 Å². The van der Waals surface area contributed by atoms with Crippen LogP contribution in [0.1, 0.15) is 24.3 Å². The molecule has 2 aromatic heterocycles. The van der Waals surface area contributed by atoms with Gasteiger partial charge in [-0.3, -0.25) is 0 Å². The lowest BCUT2D eigenvalue weighted by Gasteiger charge is -2.21. The minimum atomic E-state index is 0.885. The lowest BCUT2D eigenvalue weighted by atomic mass is 9.93. The van der Waals surface area contributed by atoms with Gasteiger partial charge in [-0.25, -0.2) is 9.97 Å². The molecule has 1 aliphatic heterocycles. The molecular weight excluding hydrogens is 230 g/mol.